The zero-order valence-electron chi connectivity index (χ0n) is 26.0. The van der Waals surface area contributed by atoms with Gasteiger partial charge >= 0.3 is 11.9 Å². The van der Waals surface area contributed by atoms with E-state index >= 15 is 0 Å². The Morgan fingerprint density at radius 2 is 1.28 bits per heavy atom. The standard InChI is InChI=1S/C35H46N2O6/c1-23-31(34(38)42-29(21-40-3)25-12-5-6-13-25)33(27-16-11-17-28(20-27)37-18-9-10-19-37)32(24(2)36-23)35(39)43-30(22-41-4)26-14-7-8-15-26/h9-11,16-20,25-26,29-30,33,36H,5-8,12-15,21-22H2,1-4H3. The first kappa shape index (κ1) is 31.1. The minimum atomic E-state index is -0.671. The average Bonchev–Trinajstić information content (AvgIpc) is 3.80. The van der Waals surface area contributed by atoms with Crippen molar-refractivity contribution in [2.75, 3.05) is 27.4 Å². The Morgan fingerprint density at radius 1 is 0.791 bits per heavy atom. The van der Waals surface area contributed by atoms with Crippen molar-refractivity contribution in [3.63, 3.8) is 0 Å². The van der Waals surface area contributed by atoms with Crippen molar-refractivity contribution in [3.05, 3.63) is 76.9 Å². The molecule has 2 atom stereocenters. The molecule has 2 unspecified atom stereocenters. The number of hydrogen-bond donors (Lipinski definition) is 1. The summed E-state index contributed by atoms with van der Waals surface area (Å²) < 4.78 is 25.5. The fourth-order valence-electron chi connectivity index (χ4n) is 7.16. The lowest BCUT2D eigenvalue weighted by atomic mass is 9.80. The predicted molar refractivity (Wildman–Crippen MR) is 164 cm³/mol. The summed E-state index contributed by atoms with van der Waals surface area (Å²) in [5.41, 5.74) is 3.93. The largest absolute Gasteiger partial charge is 0.456 e. The molecule has 2 fully saturated rings. The molecular weight excluding hydrogens is 544 g/mol. The van der Waals surface area contributed by atoms with Gasteiger partial charge in [0.25, 0.3) is 0 Å². The van der Waals surface area contributed by atoms with Crippen LogP contribution in [-0.2, 0) is 28.5 Å². The molecule has 2 heterocycles. The summed E-state index contributed by atoms with van der Waals surface area (Å²) in [5, 5.41) is 3.32. The number of rotatable bonds is 12. The molecule has 8 heteroatoms. The molecule has 2 aromatic rings. The van der Waals surface area contributed by atoms with E-state index in [4.69, 9.17) is 18.9 Å². The Kier molecular flexibility index (Phi) is 10.4. The van der Waals surface area contributed by atoms with Gasteiger partial charge in [-0.15, -0.1) is 0 Å². The summed E-state index contributed by atoms with van der Waals surface area (Å²) in [5.74, 6) is -1.01. The summed E-state index contributed by atoms with van der Waals surface area (Å²) in [4.78, 5) is 28.4. The lowest BCUT2D eigenvalue weighted by Gasteiger charge is -2.33. The molecule has 3 aliphatic rings. The first-order valence-corrected chi connectivity index (χ1v) is 15.7. The summed E-state index contributed by atoms with van der Waals surface area (Å²) in [6.07, 6.45) is 11.8. The van der Waals surface area contributed by atoms with Crippen LogP contribution in [0.25, 0.3) is 5.69 Å². The maximum absolute atomic E-state index is 14.2. The number of ether oxygens (including phenoxy) is 4. The van der Waals surface area contributed by atoms with E-state index in [0.29, 0.717) is 35.8 Å². The topological polar surface area (TPSA) is 88.0 Å². The monoisotopic (exact) mass is 590 g/mol. The van der Waals surface area contributed by atoms with Crippen LogP contribution in [0.5, 0.6) is 0 Å². The summed E-state index contributed by atoms with van der Waals surface area (Å²) in [6, 6.07) is 11.9. The van der Waals surface area contributed by atoms with E-state index in [0.717, 1.165) is 62.6 Å². The molecule has 5 rings (SSSR count). The van der Waals surface area contributed by atoms with Crippen molar-refractivity contribution in [1.82, 2.24) is 9.88 Å². The van der Waals surface area contributed by atoms with Crippen molar-refractivity contribution in [1.29, 1.82) is 0 Å². The number of esters is 2. The van der Waals surface area contributed by atoms with E-state index in [1.165, 1.54) is 0 Å². The van der Waals surface area contributed by atoms with E-state index in [9.17, 15) is 9.59 Å². The summed E-state index contributed by atoms with van der Waals surface area (Å²) in [6.45, 7) is 4.43. The Bertz CT molecular complexity index is 1260. The van der Waals surface area contributed by atoms with Gasteiger partial charge in [-0.3, -0.25) is 0 Å². The van der Waals surface area contributed by atoms with E-state index < -0.39 is 17.9 Å². The minimum Gasteiger partial charge on any atom is -0.456 e. The van der Waals surface area contributed by atoms with Gasteiger partial charge in [0.2, 0.25) is 0 Å². The fourth-order valence-corrected chi connectivity index (χ4v) is 7.16. The number of methoxy groups -OCH3 is 2. The fraction of sp³-hybridized carbons (Fsp3) is 0.543. The molecule has 0 radical (unpaired) electrons. The molecule has 0 spiro atoms. The zero-order valence-corrected chi connectivity index (χ0v) is 26.0. The molecule has 2 saturated carbocycles. The third-order valence-corrected chi connectivity index (χ3v) is 9.34. The number of allylic oxidation sites excluding steroid dienone is 2. The van der Waals surface area contributed by atoms with Crippen LogP contribution in [-0.4, -0.2) is 56.1 Å². The molecule has 0 saturated heterocycles. The Hall–Kier alpha value is -3.36. The smallest absolute Gasteiger partial charge is 0.337 e. The van der Waals surface area contributed by atoms with Crippen LogP contribution in [0, 0.1) is 11.8 Å². The molecule has 0 bridgehead atoms. The van der Waals surface area contributed by atoms with Crippen LogP contribution in [0.1, 0.15) is 76.7 Å². The first-order chi connectivity index (χ1) is 20.9. The van der Waals surface area contributed by atoms with E-state index in [1.807, 2.05) is 67.2 Å². The van der Waals surface area contributed by atoms with Gasteiger partial charge in [0.15, 0.2) is 0 Å². The highest BCUT2D eigenvalue weighted by atomic mass is 16.6. The van der Waals surface area contributed by atoms with Crippen LogP contribution in [0.2, 0.25) is 0 Å². The molecule has 1 aromatic carbocycles. The molecule has 2 aliphatic carbocycles. The molecule has 1 N–H and O–H groups in total. The van der Waals surface area contributed by atoms with Gasteiger partial charge in [0.1, 0.15) is 12.2 Å². The van der Waals surface area contributed by atoms with Crippen molar-refractivity contribution < 1.29 is 28.5 Å². The highest BCUT2D eigenvalue weighted by Gasteiger charge is 2.41. The molecule has 232 valence electrons. The Labute approximate surface area is 255 Å². The maximum atomic E-state index is 14.2. The van der Waals surface area contributed by atoms with Crippen molar-refractivity contribution in [2.45, 2.75) is 83.3 Å². The van der Waals surface area contributed by atoms with Gasteiger partial charge in [0, 0.05) is 43.7 Å². The second-order valence-electron chi connectivity index (χ2n) is 12.2. The van der Waals surface area contributed by atoms with Crippen LogP contribution < -0.4 is 5.32 Å². The highest BCUT2D eigenvalue weighted by molar-refractivity contribution is 6.00. The first-order valence-electron chi connectivity index (χ1n) is 15.7. The molecular formula is C35H46N2O6. The molecule has 1 aromatic heterocycles. The number of nitrogens with one attached hydrogen (secondary N) is 1. The second-order valence-corrected chi connectivity index (χ2v) is 12.2. The molecule has 8 nitrogen and oxygen atoms in total. The van der Waals surface area contributed by atoms with E-state index in [2.05, 4.69) is 5.32 Å². The second kappa shape index (κ2) is 14.4. The van der Waals surface area contributed by atoms with Crippen LogP contribution in [0.4, 0.5) is 0 Å². The van der Waals surface area contributed by atoms with Crippen molar-refractivity contribution in [2.24, 2.45) is 11.8 Å². The SMILES string of the molecule is COCC(OC(=O)C1=C(C)NC(C)=C(C(=O)OC(COC)C2CCCC2)C1c1cccc(-n2cccc2)c1)C1CCCC1. The van der Waals surface area contributed by atoms with Gasteiger partial charge in [0.05, 0.1) is 30.3 Å². The van der Waals surface area contributed by atoms with Crippen LogP contribution >= 0.6 is 0 Å². The van der Waals surface area contributed by atoms with Gasteiger partial charge in [-0.1, -0.05) is 37.8 Å². The summed E-state index contributed by atoms with van der Waals surface area (Å²) >= 11 is 0. The molecule has 1 aliphatic heterocycles. The predicted octanol–water partition coefficient (Wildman–Crippen LogP) is 6.21. The maximum Gasteiger partial charge on any atom is 0.337 e. The Balaban J connectivity index is 1.53. The third kappa shape index (κ3) is 7.07. The number of carbonyl (C=O) groups excluding carboxylic acids is 2. The number of nitrogens with zero attached hydrogens (tertiary/aromatic N) is 1. The molecule has 0 amide bonds. The average molecular weight is 591 g/mol. The highest BCUT2D eigenvalue weighted by Crippen LogP contribution is 2.41. The number of aromatic nitrogens is 1. The number of benzene rings is 1. The zero-order chi connectivity index (χ0) is 30.3. The number of carbonyl (C=O) groups is 2. The molecule has 43 heavy (non-hydrogen) atoms. The van der Waals surface area contributed by atoms with Crippen molar-refractivity contribution in [3.8, 4) is 5.69 Å². The van der Waals surface area contributed by atoms with E-state index in [-0.39, 0.29) is 24.0 Å². The quantitative estimate of drug-likeness (QED) is 0.294. The summed E-state index contributed by atoms with van der Waals surface area (Å²) in [7, 11) is 3.28. The van der Waals surface area contributed by atoms with Crippen molar-refractivity contribution >= 4 is 11.9 Å². The van der Waals surface area contributed by atoms with Crippen LogP contribution in [0.15, 0.2) is 71.3 Å². The third-order valence-electron chi connectivity index (χ3n) is 9.34. The van der Waals surface area contributed by atoms with Crippen LogP contribution in [0.3, 0.4) is 0 Å². The Morgan fingerprint density at radius 3 is 1.74 bits per heavy atom. The number of hydrogen-bond acceptors (Lipinski definition) is 7. The lowest BCUT2D eigenvalue weighted by molar-refractivity contribution is -0.151. The van der Waals surface area contributed by atoms with Gasteiger partial charge in [-0.2, -0.15) is 0 Å². The minimum absolute atomic E-state index is 0.264. The van der Waals surface area contributed by atoms with Gasteiger partial charge < -0.3 is 28.8 Å². The number of dihydropyridines is 1. The normalized spacial score (nSPS) is 21.2. The van der Waals surface area contributed by atoms with Gasteiger partial charge in [-0.05, 0) is 81.2 Å². The lowest BCUT2D eigenvalue weighted by Crippen LogP contribution is -2.37. The van der Waals surface area contributed by atoms with Gasteiger partial charge in [-0.25, -0.2) is 9.59 Å². The van der Waals surface area contributed by atoms with E-state index in [1.54, 1.807) is 14.2 Å².